The maximum absolute atomic E-state index is 12.6. The van der Waals surface area contributed by atoms with Crippen molar-refractivity contribution < 1.29 is 19.2 Å². The third-order valence-corrected chi connectivity index (χ3v) is 10.2. The van der Waals surface area contributed by atoms with E-state index in [4.69, 9.17) is 0 Å². The SMILES string of the molecule is CN1C(=O)[C@@H]2CSCCN2C(=O)[C@H]1Cc1ccccc1.CN1C(=O)[C@@H]2CSCCN2C(=O)[C@H]1Cc1ccccc1. The van der Waals surface area contributed by atoms with Crippen LogP contribution >= 0.6 is 23.5 Å². The Hall–Kier alpha value is -2.98. The summed E-state index contributed by atoms with van der Waals surface area (Å²) in [7, 11) is 3.51. The number of hydrogen-bond donors (Lipinski definition) is 0. The van der Waals surface area contributed by atoms with E-state index in [9.17, 15) is 19.2 Å². The molecule has 0 N–H and O–H groups in total. The average molecular weight is 581 g/mol. The minimum Gasteiger partial charge on any atom is -0.332 e. The lowest BCUT2D eigenvalue weighted by atomic mass is 9.99. The van der Waals surface area contributed by atoms with Gasteiger partial charge in [-0.3, -0.25) is 19.2 Å². The molecule has 0 bridgehead atoms. The third kappa shape index (κ3) is 5.88. The van der Waals surface area contributed by atoms with Gasteiger partial charge in [0.15, 0.2) is 0 Å². The van der Waals surface area contributed by atoms with Crippen LogP contribution in [-0.4, -0.2) is 118 Å². The topological polar surface area (TPSA) is 81.2 Å². The first kappa shape index (κ1) is 28.5. The molecule has 0 spiro atoms. The largest absolute Gasteiger partial charge is 0.332 e. The molecule has 40 heavy (non-hydrogen) atoms. The first-order valence-corrected chi connectivity index (χ1v) is 16.1. The van der Waals surface area contributed by atoms with Crippen LogP contribution in [0.4, 0.5) is 0 Å². The second-order valence-corrected chi connectivity index (χ2v) is 12.9. The van der Waals surface area contributed by atoms with E-state index in [2.05, 4.69) is 0 Å². The number of thioether (sulfide) groups is 2. The summed E-state index contributed by atoms with van der Waals surface area (Å²) in [5, 5.41) is 0. The van der Waals surface area contributed by atoms with Crippen LogP contribution in [0.25, 0.3) is 0 Å². The molecule has 8 nitrogen and oxygen atoms in total. The molecule has 4 saturated heterocycles. The standard InChI is InChI=1S/2C15H18N2O2S/c2*1-16-12(9-11-5-3-2-4-6-11)15(19)17-7-8-20-10-13(17)14(16)18/h2*2-6,12-13H,7-10H2,1H3/t2*12-,13+/m11/s1. The summed E-state index contributed by atoms with van der Waals surface area (Å²) in [6, 6.07) is 18.6. The van der Waals surface area contributed by atoms with Crippen LogP contribution in [0, 0.1) is 0 Å². The van der Waals surface area contributed by atoms with Crippen molar-refractivity contribution in [3.63, 3.8) is 0 Å². The summed E-state index contributed by atoms with van der Waals surface area (Å²) >= 11 is 3.50. The van der Waals surface area contributed by atoms with Crippen molar-refractivity contribution in [1.29, 1.82) is 0 Å². The number of amides is 4. The zero-order chi connectivity index (χ0) is 28.2. The highest BCUT2D eigenvalue weighted by Crippen LogP contribution is 2.27. The number of rotatable bonds is 4. The summed E-state index contributed by atoms with van der Waals surface area (Å²) in [5.74, 6) is 3.67. The normalized spacial score (nSPS) is 26.6. The fraction of sp³-hybridized carbons (Fsp3) is 0.467. The van der Waals surface area contributed by atoms with Crippen LogP contribution in [-0.2, 0) is 32.0 Å². The number of carbonyl (C=O) groups excluding carboxylic acids is 4. The van der Waals surface area contributed by atoms with E-state index in [0.717, 1.165) is 34.1 Å². The Morgan fingerprint density at radius 2 is 0.975 bits per heavy atom. The van der Waals surface area contributed by atoms with Gasteiger partial charge >= 0.3 is 0 Å². The zero-order valence-electron chi connectivity index (χ0n) is 23.0. The third-order valence-electron chi connectivity index (χ3n) is 8.14. The Balaban J connectivity index is 0.000000161. The minimum absolute atomic E-state index is 0.0812. The van der Waals surface area contributed by atoms with Gasteiger partial charge in [0.1, 0.15) is 24.2 Å². The van der Waals surface area contributed by atoms with Crippen molar-refractivity contribution in [3.8, 4) is 0 Å². The van der Waals surface area contributed by atoms with Crippen molar-refractivity contribution >= 4 is 47.2 Å². The van der Waals surface area contributed by atoms with E-state index in [0.29, 0.717) is 25.9 Å². The van der Waals surface area contributed by atoms with Gasteiger partial charge in [-0.1, -0.05) is 60.7 Å². The molecule has 6 rings (SSSR count). The van der Waals surface area contributed by atoms with Crippen molar-refractivity contribution in [3.05, 3.63) is 71.8 Å². The molecule has 0 unspecified atom stereocenters. The highest BCUT2D eigenvalue weighted by Gasteiger charge is 2.46. The molecule has 4 amide bonds. The predicted octanol–water partition coefficient (Wildman–Crippen LogP) is 2.03. The fourth-order valence-electron chi connectivity index (χ4n) is 5.76. The Bertz CT molecular complexity index is 1140. The first-order valence-electron chi connectivity index (χ1n) is 13.7. The zero-order valence-corrected chi connectivity index (χ0v) is 24.6. The van der Waals surface area contributed by atoms with Gasteiger partial charge in [-0.2, -0.15) is 23.5 Å². The summed E-state index contributed by atoms with van der Waals surface area (Å²) in [4.78, 5) is 57.0. The summed E-state index contributed by atoms with van der Waals surface area (Å²) < 4.78 is 0. The first-order chi connectivity index (χ1) is 19.4. The van der Waals surface area contributed by atoms with Crippen LogP contribution < -0.4 is 0 Å². The second-order valence-electron chi connectivity index (χ2n) is 10.6. The van der Waals surface area contributed by atoms with E-state index in [1.54, 1.807) is 57.2 Å². The van der Waals surface area contributed by atoms with E-state index in [1.165, 1.54) is 0 Å². The number of benzene rings is 2. The molecule has 2 aromatic rings. The molecule has 4 aliphatic heterocycles. The quantitative estimate of drug-likeness (QED) is 0.551. The second kappa shape index (κ2) is 12.7. The Kier molecular flexibility index (Phi) is 9.05. The summed E-state index contributed by atoms with van der Waals surface area (Å²) in [5.41, 5.74) is 2.19. The number of hydrogen-bond acceptors (Lipinski definition) is 6. The van der Waals surface area contributed by atoms with Crippen LogP contribution in [0.15, 0.2) is 60.7 Å². The van der Waals surface area contributed by atoms with Crippen LogP contribution in [0.3, 0.4) is 0 Å². The molecule has 0 aromatic heterocycles. The summed E-state index contributed by atoms with van der Waals surface area (Å²) in [6.45, 7) is 1.39. The lowest BCUT2D eigenvalue weighted by molar-refractivity contribution is -0.159. The average Bonchev–Trinajstić information content (AvgIpc) is 3.00. The Labute approximate surface area is 244 Å². The lowest BCUT2D eigenvalue weighted by Crippen LogP contribution is -2.66. The summed E-state index contributed by atoms with van der Waals surface area (Å²) in [6.07, 6.45) is 1.19. The fourth-order valence-corrected chi connectivity index (χ4v) is 7.84. The Morgan fingerprint density at radius 3 is 1.35 bits per heavy atom. The van der Waals surface area contributed by atoms with Crippen molar-refractivity contribution in [2.75, 3.05) is 50.2 Å². The monoisotopic (exact) mass is 580 g/mol. The molecule has 2 aromatic carbocycles. The molecule has 10 heteroatoms. The number of carbonyl (C=O) groups is 4. The molecule has 0 radical (unpaired) electrons. The van der Waals surface area contributed by atoms with Gasteiger partial charge in [-0.25, -0.2) is 0 Å². The van der Waals surface area contributed by atoms with Crippen LogP contribution in [0.1, 0.15) is 11.1 Å². The molecule has 4 aliphatic rings. The number of likely N-dealkylation sites (N-methyl/N-ethyl adjacent to an activating group) is 2. The van der Waals surface area contributed by atoms with Gasteiger partial charge in [0.05, 0.1) is 0 Å². The van der Waals surface area contributed by atoms with Gasteiger partial charge in [-0.05, 0) is 11.1 Å². The van der Waals surface area contributed by atoms with E-state index in [1.807, 2.05) is 60.7 Å². The smallest absolute Gasteiger partial charge is 0.246 e. The molecule has 4 heterocycles. The Morgan fingerprint density at radius 1 is 0.600 bits per heavy atom. The van der Waals surface area contributed by atoms with Gasteiger partial charge in [0.25, 0.3) is 0 Å². The van der Waals surface area contributed by atoms with E-state index < -0.39 is 0 Å². The molecule has 4 atom stereocenters. The van der Waals surface area contributed by atoms with Gasteiger partial charge in [0, 0.05) is 63.0 Å². The molecular formula is C30H36N4O4S2. The number of nitrogens with zero attached hydrogens (tertiary/aromatic N) is 4. The van der Waals surface area contributed by atoms with Gasteiger partial charge in [-0.15, -0.1) is 0 Å². The molecular weight excluding hydrogens is 544 g/mol. The number of fused-ring (bicyclic) bond motifs is 2. The number of piperazine rings is 2. The highest BCUT2D eigenvalue weighted by molar-refractivity contribution is 7.99. The van der Waals surface area contributed by atoms with Gasteiger partial charge in [0.2, 0.25) is 23.6 Å². The maximum Gasteiger partial charge on any atom is 0.246 e. The maximum atomic E-state index is 12.6. The molecule has 0 saturated carbocycles. The molecule has 212 valence electrons. The van der Waals surface area contributed by atoms with Crippen molar-refractivity contribution in [2.45, 2.75) is 37.0 Å². The van der Waals surface area contributed by atoms with Crippen LogP contribution in [0.2, 0.25) is 0 Å². The van der Waals surface area contributed by atoms with Crippen molar-refractivity contribution in [2.24, 2.45) is 0 Å². The highest BCUT2D eigenvalue weighted by atomic mass is 32.2. The minimum atomic E-state index is -0.357. The van der Waals surface area contributed by atoms with Crippen LogP contribution in [0.5, 0.6) is 0 Å². The van der Waals surface area contributed by atoms with E-state index >= 15 is 0 Å². The van der Waals surface area contributed by atoms with Crippen molar-refractivity contribution in [1.82, 2.24) is 19.6 Å². The molecule has 0 aliphatic carbocycles. The predicted molar refractivity (Wildman–Crippen MR) is 159 cm³/mol. The van der Waals surface area contributed by atoms with E-state index in [-0.39, 0.29) is 47.8 Å². The van der Waals surface area contributed by atoms with Gasteiger partial charge < -0.3 is 19.6 Å². The lowest BCUT2D eigenvalue weighted by Gasteiger charge is -2.45. The molecule has 4 fully saturated rings.